The van der Waals surface area contributed by atoms with E-state index in [0.29, 0.717) is 28.4 Å². The number of rotatable bonds is 4. The van der Waals surface area contributed by atoms with Crippen LogP contribution in [0.5, 0.6) is 11.5 Å². The fourth-order valence-electron chi connectivity index (χ4n) is 3.63. The Kier molecular flexibility index (Phi) is 4.31. The van der Waals surface area contributed by atoms with Crippen LogP contribution >= 0.6 is 0 Å². The molecule has 0 aromatic heterocycles. The van der Waals surface area contributed by atoms with Crippen molar-refractivity contribution in [1.29, 1.82) is 0 Å². The quantitative estimate of drug-likeness (QED) is 0.822. The van der Waals surface area contributed by atoms with Gasteiger partial charge in [-0.25, -0.2) is 4.90 Å². The number of carbonyl (C=O) groups is 2. The van der Waals surface area contributed by atoms with Gasteiger partial charge in [-0.1, -0.05) is 6.07 Å². The molecule has 2 amide bonds. The maximum absolute atomic E-state index is 13.2. The summed E-state index contributed by atoms with van der Waals surface area (Å²) in [5.41, 5.74) is 6.46. The largest absolute Gasteiger partial charge is 0.497 e. The Morgan fingerprint density at radius 3 is 2.36 bits per heavy atom. The summed E-state index contributed by atoms with van der Waals surface area (Å²) in [5, 5.41) is 0. The Balaban J connectivity index is 1.84. The fourth-order valence-corrected chi connectivity index (χ4v) is 3.63. The third kappa shape index (κ3) is 2.71. The van der Waals surface area contributed by atoms with E-state index in [9.17, 15) is 9.59 Å². The van der Waals surface area contributed by atoms with Gasteiger partial charge in [-0.15, -0.1) is 0 Å². The Morgan fingerprint density at radius 2 is 1.71 bits per heavy atom. The standard InChI is InChI=1S/C21H20N2O5/c1-11-7-12(2)9-13(8-11)23-20(24)17-18(22-28-19(17)21(23)25)15-10-14(26-3)5-6-16(15)27-4/h5-10,19,22H,1-4H3/t19-/m1/s1. The Morgan fingerprint density at radius 1 is 1.00 bits per heavy atom. The summed E-state index contributed by atoms with van der Waals surface area (Å²) in [4.78, 5) is 32.8. The van der Waals surface area contributed by atoms with Crippen molar-refractivity contribution >= 4 is 23.2 Å². The molecule has 2 heterocycles. The molecule has 1 N–H and O–H groups in total. The van der Waals surface area contributed by atoms with Crippen molar-refractivity contribution in [2.75, 3.05) is 19.1 Å². The van der Waals surface area contributed by atoms with Crippen LogP contribution in [0.15, 0.2) is 42.0 Å². The number of ether oxygens (including phenoxy) is 2. The van der Waals surface area contributed by atoms with Crippen LogP contribution in [0.4, 0.5) is 5.69 Å². The highest BCUT2D eigenvalue weighted by Gasteiger charge is 2.51. The average Bonchev–Trinajstić information content (AvgIpc) is 3.20. The van der Waals surface area contributed by atoms with Crippen LogP contribution in [0.3, 0.4) is 0 Å². The first-order chi connectivity index (χ1) is 13.4. The van der Waals surface area contributed by atoms with E-state index >= 15 is 0 Å². The van der Waals surface area contributed by atoms with Gasteiger partial charge in [0.2, 0.25) is 0 Å². The third-order valence-corrected chi connectivity index (χ3v) is 4.83. The second kappa shape index (κ2) is 6.69. The smallest absolute Gasteiger partial charge is 0.270 e. The first kappa shape index (κ1) is 18.1. The molecule has 0 aliphatic carbocycles. The second-order valence-electron chi connectivity index (χ2n) is 6.78. The maximum Gasteiger partial charge on any atom is 0.270 e. The number of hydrogen-bond donors (Lipinski definition) is 1. The number of amides is 2. The molecule has 0 bridgehead atoms. The zero-order valence-electron chi connectivity index (χ0n) is 16.0. The molecule has 0 unspecified atom stereocenters. The molecule has 1 atom stereocenters. The summed E-state index contributed by atoms with van der Waals surface area (Å²) in [6.07, 6.45) is -1.00. The molecular weight excluding hydrogens is 360 g/mol. The second-order valence-corrected chi connectivity index (χ2v) is 6.78. The number of benzene rings is 2. The third-order valence-electron chi connectivity index (χ3n) is 4.83. The van der Waals surface area contributed by atoms with E-state index in [4.69, 9.17) is 14.3 Å². The molecule has 2 aliphatic heterocycles. The van der Waals surface area contributed by atoms with Gasteiger partial charge in [0.1, 0.15) is 11.5 Å². The molecule has 2 aromatic carbocycles. The van der Waals surface area contributed by atoms with Crippen molar-refractivity contribution in [1.82, 2.24) is 5.48 Å². The van der Waals surface area contributed by atoms with E-state index in [2.05, 4.69) is 5.48 Å². The summed E-state index contributed by atoms with van der Waals surface area (Å²) in [7, 11) is 3.09. The number of aryl methyl sites for hydroxylation is 2. The predicted octanol–water partition coefficient (Wildman–Crippen LogP) is 2.51. The van der Waals surface area contributed by atoms with Gasteiger partial charge in [-0.3, -0.25) is 19.9 Å². The van der Waals surface area contributed by atoms with Crippen molar-refractivity contribution in [3.05, 3.63) is 58.7 Å². The molecule has 0 spiro atoms. The van der Waals surface area contributed by atoms with Crippen LogP contribution in [0.2, 0.25) is 0 Å². The summed E-state index contributed by atoms with van der Waals surface area (Å²) >= 11 is 0. The molecule has 0 saturated carbocycles. The highest BCUT2D eigenvalue weighted by atomic mass is 16.7. The normalized spacial score (nSPS) is 18.4. The predicted molar refractivity (Wildman–Crippen MR) is 103 cm³/mol. The number of carbonyl (C=O) groups excluding carboxylic acids is 2. The minimum Gasteiger partial charge on any atom is -0.497 e. The molecule has 7 nitrogen and oxygen atoms in total. The van der Waals surface area contributed by atoms with Gasteiger partial charge in [-0.2, -0.15) is 0 Å². The van der Waals surface area contributed by atoms with Gasteiger partial charge in [0.15, 0.2) is 6.10 Å². The van der Waals surface area contributed by atoms with E-state index in [1.807, 2.05) is 32.0 Å². The Labute approximate surface area is 162 Å². The van der Waals surface area contributed by atoms with Crippen LogP contribution in [0.1, 0.15) is 16.7 Å². The van der Waals surface area contributed by atoms with Crippen molar-refractivity contribution in [3.8, 4) is 11.5 Å². The number of imide groups is 1. The summed E-state index contributed by atoms with van der Waals surface area (Å²) in [5.74, 6) is 0.293. The monoisotopic (exact) mass is 380 g/mol. The number of hydroxylamine groups is 1. The minimum absolute atomic E-state index is 0.260. The lowest BCUT2D eigenvalue weighted by Gasteiger charge is -2.17. The number of nitrogens with one attached hydrogen (secondary N) is 1. The zero-order valence-corrected chi connectivity index (χ0v) is 16.0. The average molecular weight is 380 g/mol. The van der Waals surface area contributed by atoms with Crippen LogP contribution in [-0.2, 0) is 14.4 Å². The van der Waals surface area contributed by atoms with Crippen molar-refractivity contribution in [3.63, 3.8) is 0 Å². The SMILES string of the molecule is COc1ccc(OC)c(C2=C3C(=O)N(c4cc(C)cc(C)c4)C(=O)[C@@H]3ON2)c1. The molecule has 0 radical (unpaired) electrons. The molecule has 2 aliphatic rings. The summed E-state index contributed by atoms with van der Waals surface area (Å²) < 4.78 is 10.7. The molecular formula is C21H20N2O5. The lowest BCUT2D eigenvalue weighted by atomic mass is 10.0. The molecule has 7 heteroatoms. The zero-order chi connectivity index (χ0) is 20.0. The minimum atomic E-state index is -1.00. The number of nitrogens with zero attached hydrogens (tertiary/aromatic N) is 1. The summed E-state index contributed by atoms with van der Waals surface area (Å²) in [6.45, 7) is 3.85. The van der Waals surface area contributed by atoms with Gasteiger partial charge < -0.3 is 9.47 Å². The number of fused-ring (bicyclic) bond motifs is 1. The molecule has 1 saturated heterocycles. The number of hydrogen-bond acceptors (Lipinski definition) is 6. The molecule has 144 valence electrons. The lowest BCUT2D eigenvalue weighted by molar-refractivity contribution is -0.127. The first-order valence-corrected chi connectivity index (χ1v) is 8.79. The Bertz CT molecular complexity index is 1010. The van der Waals surface area contributed by atoms with E-state index in [1.165, 1.54) is 12.0 Å². The molecule has 1 fully saturated rings. The van der Waals surface area contributed by atoms with Crippen LogP contribution in [-0.4, -0.2) is 32.1 Å². The van der Waals surface area contributed by atoms with E-state index in [-0.39, 0.29) is 5.57 Å². The molecule has 4 rings (SSSR count). The lowest BCUT2D eigenvalue weighted by Crippen LogP contribution is -2.34. The number of methoxy groups -OCH3 is 2. The first-order valence-electron chi connectivity index (χ1n) is 8.79. The van der Waals surface area contributed by atoms with Crippen LogP contribution in [0, 0.1) is 13.8 Å². The van der Waals surface area contributed by atoms with Gasteiger partial charge in [0.05, 0.1) is 31.2 Å². The topological polar surface area (TPSA) is 77.1 Å². The van der Waals surface area contributed by atoms with Crippen molar-refractivity contribution in [2.45, 2.75) is 20.0 Å². The van der Waals surface area contributed by atoms with Crippen LogP contribution in [0.25, 0.3) is 5.70 Å². The maximum atomic E-state index is 13.2. The molecule has 2 aromatic rings. The van der Waals surface area contributed by atoms with Gasteiger partial charge >= 0.3 is 0 Å². The van der Waals surface area contributed by atoms with Gasteiger partial charge in [0, 0.05) is 5.56 Å². The highest BCUT2D eigenvalue weighted by Crippen LogP contribution is 2.39. The van der Waals surface area contributed by atoms with Gasteiger partial charge in [-0.05, 0) is 55.3 Å². The highest BCUT2D eigenvalue weighted by molar-refractivity contribution is 6.33. The van der Waals surface area contributed by atoms with E-state index in [0.717, 1.165) is 11.1 Å². The Hall–Kier alpha value is -3.32. The number of anilines is 1. The van der Waals surface area contributed by atoms with Crippen molar-refractivity contribution in [2.24, 2.45) is 0 Å². The fraction of sp³-hybridized carbons (Fsp3) is 0.238. The summed E-state index contributed by atoms with van der Waals surface area (Å²) in [6, 6.07) is 10.8. The van der Waals surface area contributed by atoms with E-state index < -0.39 is 17.9 Å². The molecule has 28 heavy (non-hydrogen) atoms. The van der Waals surface area contributed by atoms with Crippen LogP contribution < -0.4 is 19.9 Å². The van der Waals surface area contributed by atoms with Crippen molar-refractivity contribution < 1.29 is 23.9 Å². The van der Waals surface area contributed by atoms with E-state index in [1.54, 1.807) is 25.3 Å². The van der Waals surface area contributed by atoms with Gasteiger partial charge in [0.25, 0.3) is 11.8 Å².